The van der Waals surface area contributed by atoms with Gasteiger partial charge in [-0.2, -0.15) is 0 Å². The maximum Gasteiger partial charge on any atom is 0.191 e. The summed E-state index contributed by atoms with van der Waals surface area (Å²) in [5, 5.41) is 16.3. The quantitative estimate of drug-likeness (QED) is 0.458. The van der Waals surface area contributed by atoms with Crippen LogP contribution in [0.2, 0.25) is 0 Å². The van der Waals surface area contributed by atoms with Gasteiger partial charge in [-0.25, -0.2) is 0 Å². The first-order valence-corrected chi connectivity index (χ1v) is 10.6. The van der Waals surface area contributed by atoms with Crippen LogP contribution >= 0.6 is 0 Å². The number of benzene rings is 1. The van der Waals surface area contributed by atoms with E-state index in [2.05, 4.69) is 60.6 Å². The zero-order chi connectivity index (χ0) is 19.5. The molecule has 2 rings (SSSR count). The standard InChI is InChI=1S/C22H38N4O/c1-4-7-19(13-15-27)16-24-22(23-5-2)25-20-8-6-14-26(17-20)21-11-9-18(3)10-12-21/h9-12,19-20,27H,4-8,13-17H2,1-3H3,(H2,23,24,25). The number of rotatable bonds is 9. The number of hydrogen-bond acceptors (Lipinski definition) is 3. The fourth-order valence-corrected chi connectivity index (χ4v) is 3.74. The average molecular weight is 375 g/mol. The number of guanidine groups is 1. The second-order valence-electron chi connectivity index (χ2n) is 7.65. The Morgan fingerprint density at radius 2 is 2.04 bits per heavy atom. The summed E-state index contributed by atoms with van der Waals surface area (Å²) in [7, 11) is 0. The smallest absolute Gasteiger partial charge is 0.191 e. The minimum atomic E-state index is 0.248. The molecule has 1 aromatic carbocycles. The first-order chi connectivity index (χ1) is 13.2. The normalized spacial score (nSPS) is 19.0. The minimum Gasteiger partial charge on any atom is -0.396 e. The van der Waals surface area contributed by atoms with Gasteiger partial charge in [-0.05, 0) is 57.6 Å². The molecule has 0 bridgehead atoms. The number of nitrogens with zero attached hydrogens (tertiary/aromatic N) is 2. The van der Waals surface area contributed by atoms with E-state index in [9.17, 15) is 5.11 Å². The molecule has 0 aliphatic carbocycles. The van der Waals surface area contributed by atoms with Crippen LogP contribution in [0.5, 0.6) is 0 Å². The van der Waals surface area contributed by atoms with Crippen LogP contribution in [0.25, 0.3) is 0 Å². The number of aliphatic hydroxyl groups is 1. The van der Waals surface area contributed by atoms with E-state index >= 15 is 0 Å². The van der Waals surface area contributed by atoms with Gasteiger partial charge in [0.2, 0.25) is 0 Å². The second kappa shape index (κ2) is 11.9. The van der Waals surface area contributed by atoms with Crippen molar-refractivity contribution in [2.45, 2.75) is 58.9 Å². The molecule has 1 aromatic rings. The number of aryl methyl sites for hydroxylation is 1. The topological polar surface area (TPSA) is 59.9 Å². The highest BCUT2D eigenvalue weighted by atomic mass is 16.3. The van der Waals surface area contributed by atoms with Gasteiger partial charge in [0.25, 0.3) is 0 Å². The van der Waals surface area contributed by atoms with Gasteiger partial charge < -0.3 is 20.6 Å². The van der Waals surface area contributed by atoms with E-state index in [0.717, 1.165) is 51.4 Å². The highest BCUT2D eigenvalue weighted by Gasteiger charge is 2.21. The zero-order valence-electron chi connectivity index (χ0n) is 17.4. The van der Waals surface area contributed by atoms with Crippen LogP contribution in [-0.2, 0) is 0 Å². The van der Waals surface area contributed by atoms with Gasteiger partial charge in [0.15, 0.2) is 5.96 Å². The van der Waals surface area contributed by atoms with Crippen LogP contribution in [-0.4, -0.2) is 49.9 Å². The van der Waals surface area contributed by atoms with Crippen molar-refractivity contribution in [1.29, 1.82) is 0 Å². The first-order valence-electron chi connectivity index (χ1n) is 10.6. The molecule has 0 amide bonds. The van der Waals surface area contributed by atoms with E-state index in [1.54, 1.807) is 0 Å². The molecule has 5 heteroatoms. The Kier molecular flexibility index (Phi) is 9.46. The Labute approximate surface area is 165 Å². The lowest BCUT2D eigenvalue weighted by atomic mass is 10.0. The SMILES string of the molecule is CCCC(CCO)CN=C(NCC)NC1CCCN(c2ccc(C)cc2)C1. The molecule has 1 aliphatic rings. The van der Waals surface area contributed by atoms with Crippen molar-refractivity contribution in [3.63, 3.8) is 0 Å². The largest absolute Gasteiger partial charge is 0.396 e. The van der Waals surface area contributed by atoms with Gasteiger partial charge in [0, 0.05) is 44.5 Å². The number of aliphatic hydroxyl groups excluding tert-OH is 1. The lowest BCUT2D eigenvalue weighted by Gasteiger charge is -2.35. The summed E-state index contributed by atoms with van der Waals surface area (Å²) in [6.07, 6.45) is 5.45. The van der Waals surface area contributed by atoms with Gasteiger partial charge in [0.1, 0.15) is 0 Å². The van der Waals surface area contributed by atoms with Crippen molar-refractivity contribution in [2.75, 3.05) is 37.7 Å². The van der Waals surface area contributed by atoms with Gasteiger partial charge in [-0.1, -0.05) is 31.0 Å². The Bertz CT molecular complexity index is 552. The van der Waals surface area contributed by atoms with Crippen molar-refractivity contribution < 1.29 is 5.11 Å². The summed E-state index contributed by atoms with van der Waals surface area (Å²) >= 11 is 0. The van der Waals surface area contributed by atoms with E-state index in [1.807, 2.05) is 0 Å². The Balaban J connectivity index is 1.95. The van der Waals surface area contributed by atoms with Gasteiger partial charge in [-0.15, -0.1) is 0 Å². The molecule has 0 spiro atoms. The van der Waals surface area contributed by atoms with Gasteiger partial charge >= 0.3 is 0 Å². The minimum absolute atomic E-state index is 0.248. The summed E-state index contributed by atoms with van der Waals surface area (Å²) in [6.45, 7) is 10.4. The molecule has 1 fully saturated rings. The Morgan fingerprint density at radius 1 is 1.26 bits per heavy atom. The highest BCUT2D eigenvalue weighted by molar-refractivity contribution is 5.80. The monoisotopic (exact) mass is 374 g/mol. The maximum atomic E-state index is 9.26. The molecule has 3 N–H and O–H groups in total. The molecule has 1 aliphatic heterocycles. The fraction of sp³-hybridized carbons (Fsp3) is 0.682. The molecule has 5 nitrogen and oxygen atoms in total. The van der Waals surface area contributed by atoms with Gasteiger partial charge in [-0.3, -0.25) is 4.99 Å². The summed E-state index contributed by atoms with van der Waals surface area (Å²) in [5.41, 5.74) is 2.61. The third kappa shape index (κ3) is 7.41. The molecular weight excluding hydrogens is 336 g/mol. The molecule has 27 heavy (non-hydrogen) atoms. The van der Waals surface area contributed by atoms with Crippen molar-refractivity contribution in [2.24, 2.45) is 10.9 Å². The predicted molar refractivity (Wildman–Crippen MR) is 116 cm³/mol. The maximum absolute atomic E-state index is 9.26. The number of nitrogens with one attached hydrogen (secondary N) is 2. The summed E-state index contributed by atoms with van der Waals surface area (Å²) in [5.74, 6) is 1.37. The van der Waals surface area contributed by atoms with Crippen molar-refractivity contribution in [3.8, 4) is 0 Å². The Morgan fingerprint density at radius 3 is 2.70 bits per heavy atom. The first kappa shape index (κ1) is 21.5. The molecular formula is C22H38N4O. The average Bonchev–Trinajstić information content (AvgIpc) is 2.67. The molecule has 1 heterocycles. The molecule has 0 radical (unpaired) electrons. The molecule has 0 saturated carbocycles. The molecule has 152 valence electrons. The van der Waals surface area contributed by atoms with E-state index in [0.29, 0.717) is 12.0 Å². The molecule has 2 atom stereocenters. The third-order valence-electron chi connectivity index (χ3n) is 5.25. The van der Waals surface area contributed by atoms with Gasteiger partial charge in [0.05, 0.1) is 0 Å². The van der Waals surface area contributed by atoms with E-state index in [1.165, 1.54) is 24.1 Å². The highest BCUT2D eigenvalue weighted by Crippen LogP contribution is 2.20. The zero-order valence-corrected chi connectivity index (χ0v) is 17.4. The van der Waals surface area contributed by atoms with Crippen LogP contribution in [0.15, 0.2) is 29.3 Å². The van der Waals surface area contributed by atoms with E-state index < -0.39 is 0 Å². The second-order valence-corrected chi connectivity index (χ2v) is 7.65. The summed E-state index contributed by atoms with van der Waals surface area (Å²) < 4.78 is 0. The van der Waals surface area contributed by atoms with Crippen molar-refractivity contribution in [3.05, 3.63) is 29.8 Å². The van der Waals surface area contributed by atoms with Crippen LogP contribution < -0.4 is 15.5 Å². The number of aliphatic imine (C=N–C) groups is 1. The number of hydrogen-bond donors (Lipinski definition) is 3. The molecule has 2 unspecified atom stereocenters. The predicted octanol–water partition coefficient (Wildman–Crippen LogP) is 3.32. The lowest BCUT2D eigenvalue weighted by molar-refractivity contribution is 0.253. The number of piperidine rings is 1. The van der Waals surface area contributed by atoms with Crippen LogP contribution in [0.1, 0.15) is 51.5 Å². The van der Waals surface area contributed by atoms with E-state index in [4.69, 9.17) is 4.99 Å². The summed E-state index contributed by atoms with van der Waals surface area (Å²) in [6, 6.07) is 9.22. The Hall–Kier alpha value is -1.75. The number of anilines is 1. The van der Waals surface area contributed by atoms with Crippen LogP contribution in [0.4, 0.5) is 5.69 Å². The van der Waals surface area contributed by atoms with Crippen LogP contribution in [0.3, 0.4) is 0 Å². The van der Waals surface area contributed by atoms with E-state index in [-0.39, 0.29) is 6.61 Å². The lowest BCUT2D eigenvalue weighted by Crippen LogP contribution is -2.51. The summed E-state index contributed by atoms with van der Waals surface area (Å²) in [4.78, 5) is 7.29. The molecule has 0 aromatic heterocycles. The van der Waals surface area contributed by atoms with Crippen molar-refractivity contribution >= 4 is 11.6 Å². The van der Waals surface area contributed by atoms with Crippen molar-refractivity contribution in [1.82, 2.24) is 10.6 Å². The van der Waals surface area contributed by atoms with Crippen LogP contribution in [0, 0.1) is 12.8 Å². The fourth-order valence-electron chi connectivity index (χ4n) is 3.74. The molecule has 1 saturated heterocycles. The third-order valence-corrected chi connectivity index (χ3v) is 5.25.